The Bertz CT molecular complexity index is 622. The fourth-order valence-electron chi connectivity index (χ4n) is 1.26. The molecular formula is C11H15N3O5S. The van der Waals surface area contributed by atoms with Crippen molar-refractivity contribution in [2.24, 2.45) is 0 Å². The second-order valence-electron chi connectivity index (χ2n) is 4.46. The van der Waals surface area contributed by atoms with Crippen molar-refractivity contribution in [1.29, 1.82) is 0 Å². The number of nitrogens with one attached hydrogen (secondary N) is 1. The highest BCUT2D eigenvalue weighted by Gasteiger charge is 2.34. The van der Waals surface area contributed by atoms with E-state index in [0.717, 1.165) is 13.1 Å². The summed E-state index contributed by atoms with van der Waals surface area (Å²) in [4.78, 5) is 26.1. The van der Waals surface area contributed by atoms with Gasteiger partial charge in [0.2, 0.25) is 0 Å². The van der Waals surface area contributed by atoms with E-state index in [4.69, 9.17) is 10.5 Å². The molecule has 20 heavy (non-hydrogen) atoms. The van der Waals surface area contributed by atoms with Gasteiger partial charge in [-0.15, -0.1) is 0 Å². The Kier molecular flexibility index (Phi) is 4.33. The molecule has 0 saturated carbocycles. The van der Waals surface area contributed by atoms with Crippen molar-refractivity contribution >= 4 is 27.7 Å². The number of anilines is 1. The molecule has 110 valence electrons. The molecule has 0 spiro atoms. The van der Waals surface area contributed by atoms with Gasteiger partial charge in [0, 0.05) is 13.1 Å². The minimum absolute atomic E-state index is 0.149. The molecule has 0 aliphatic heterocycles. The molecule has 0 fully saturated rings. The third kappa shape index (κ3) is 3.92. The molecule has 1 aromatic heterocycles. The Balaban J connectivity index is 2.94. The molecule has 0 aliphatic carbocycles. The zero-order valence-electron chi connectivity index (χ0n) is 11.2. The van der Waals surface area contributed by atoms with E-state index in [2.05, 4.69) is 4.98 Å². The summed E-state index contributed by atoms with van der Waals surface area (Å²) in [7, 11) is -4.10. The van der Waals surface area contributed by atoms with Crippen LogP contribution in [-0.4, -0.2) is 30.9 Å². The number of esters is 1. The monoisotopic (exact) mass is 301 g/mol. The van der Waals surface area contributed by atoms with E-state index in [1.54, 1.807) is 0 Å². The van der Waals surface area contributed by atoms with Gasteiger partial charge in [0.1, 0.15) is 10.7 Å². The lowest BCUT2D eigenvalue weighted by Crippen LogP contribution is -2.47. The van der Waals surface area contributed by atoms with Gasteiger partial charge in [-0.25, -0.2) is 18.1 Å². The van der Waals surface area contributed by atoms with E-state index in [9.17, 15) is 18.0 Å². The Morgan fingerprint density at radius 1 is 1.35 bits per heavy atom. The average Bonchev–Trinajstić information content (AvgIpc) is 2.27. The average molecular weight is 301 g/mol. The Morgan fingerprint density at radius 3 is 2.40 bits per heavy atom. The molecular weight excluding hydrogens is 286 g/mol. The number of aromatic nitrogens is 1. The number of hydrogen-bond acceptors (Lipinski definition) is 7. The highest BCUT2D eigenvalue weighted by molar-refractivity contribution is 7.90. The molecule has 8 nitrogen and oxygen atoms in total. The minimum Gasteiger partial charge on any atom is -0.450 e. The maximum Gasteiger partial charge on any atom is 0.303 e. The van der Waals surface area contributed by atoms with Gasteiger partial charge in [-0.3, -0.25) is 9.59 Å². The molecule has 0 saturated heterocycles. The molecule has 0 bridgehead atoms. The van der Waals surface area contributed by atoms with Gasteiger partial charge in [-0.1, -0.05) is 0 Å². The number of carbonyl (C=O) groups excluding carboxylic acids is 2. The lowest BCUT2D eigenvalue weighted by Gasteiger charge is -2.22. The number of hydrogen-bond donors (Lipinski definition) is 2. The molecule has 1 rings (SSSR count). The summed E-state index contributed by atoms with van der Waals surface area (Å²) in [5.74, 6) is -1.52. The number of ether oxygens (including phenoxy) is 1. The van der Waals surface area contributed by atoms with E-state index >= 15 is 0 Å². The molecule has 0 aliphatic rings. The second-order valence-corrected chi connectivity index (χ2v) is 6.14. The first-order valence-corrected chi connectivity index (χ1v) is 7.01. The number of nitrogen functional groups attached to an aromatic ring is 1. The van der Waals surface area contributed by atoms with Crippen LogP contribution in [0.1, 0.15) is 20.8 Å². The smallest absolute Gasteiger partial charge is 0.303 e. The lowest BCUT2D eigenvalue weighted by molar-refractivity contribution is -0.162. The van der Waals surface area contributed by atoms with Gasteiger partial charge in [-0.05, 0) is 26.0 Å². The Labute approximate surface area is 116 Å². The van der Waals surface area contributed by atoms with E-state index in [1.807, 2.05) is 4.72 Å². The summed E-state index contributed by atoms with van der Waals surface area (Å²) in [5, 5.41) is 0. The van der Waals surface area contributed by atoms with Crippen LogP contribution >= 0.6 is 0 Å². The van der Waals surface area contributed by atoms with Crippen molar-refractivity contribution in [3.63, 3.8) is 0 Å². The van der Waals surface area contributed by atoms with Crippen molar-refractivity contribution in [2.75, 3.05) is 5.73 Å². The van der Waals surface area contributed by atoms with Crippen LogP contribution in [0, 0.1) is 0 Å². The standard InChI is InChI=1S/C11H15N3O5S/c1-7(15)19-11(2,3)10(16)14-20(17,18)8-4-5-9(12)13-6-8/h4-6H,1-3H3,(H2,12,13)(H,14,16). The zero-order chi connectivity index (χ0) is 15.6. The van der Waals surface area contributed by atoms with Gasteiger partial charge in [0.05, 0.1) is 0 Å². The van der Waals surface area contributed by atoms with Gasteiger partial charge in [0.15, 0.2) is 5.60 Å². The first kappa shape index (κ1) is 15.9. The number of amides is 1. The molecule has 3 N–H and O–H groups in total. The van der Waals surface area contributed by atoms with Gasteiger partial charge >= 0.3 is 5.97 Å². The quantitative estimate of drug-likeness (QED) is 0.737. The first-order chi connectivity index (χ1) is 9.04. The summed E-state index contributed by atoms with van der Waals surface area (Å²) in [5.41, 5.74) is 3.73. The number of nitrogens with two attached hydrogens (primary N) is 1. The van der Waals surface area contributed by atoms with Crippen molar-refractivity contribution < 1.29 is 22.7 Å². The molecule has 0 unspecified atom stereocenters. The zero-order valence-corrected chi connectivity index (χ0v) is 12.0. The normalized spacial score (nSPS) is 11.8. The summed E-state index contributed by atoms with van der Waals surface area (Å²) in [6, 6.07) is 2.49. The maximum atomic E-state index is 11.9. The van der Waals surface area contributed by atoms with E-state index in [1.165, 1.54) is 26.0 Å². The van der Waals surface area contributed by atoms with Crippen molar-refractivity contribution in [1.82, 2.24) is 9.71 Å². The Morgan fingerprint density at radius 2 is 1.95 bits per heavy atom. The fourth-order valence-corrected chi connectivity index (χ4v) is 2.31. The largest absolute Gasteiger partial charge is 0.450 e. The fraction of sp³-hybridized carbons (Fsp3) is 0.364. The minimum atomic E-state index is -4.10. The van der Waals surface area contributed by atoms with Crippen LogP contribution in [0.2, 0.25) is 0 Å². The number of sulfonamides is 1. The topological polar surface area (TPSA) is 128 Å². The van der Waals surface area contributed by atoms with Crippen LogP contribution in [0.5, 0.6) is 0 Å². The molecule has 1 amide bonds. The number of nitrogens with zero attached hydrogens (tertiary/aromatic N) is 1. The highest BCUT2D eigenvalue weighted by Crippen LogP contribution is 2.13. The SMILES string of the molecule is CC(=O)OC(C)(C)C(=O)NS(=O)(=O)c1ccc(N)nc1. The van der Waals surface area contributed by atoms with Gasteiger partial charge < -0.3 is 10.5 Å². The second kappa shape index (κ2) is 5.45. The Hall–Kier alpha value is -2.16. The molecule has 0 aromatic carbocycles. The summed E-state index contributed by atoms with van der Waals surface area (Å²) >= 11 is 0. The molecule has 1 aromatic rings. The number of rotatable bonds is 4. The maximum absolute atomic E-state index is 11.9. The van der Waals surface area contributed by atoms with Gasteiger partial charge in [0.25, 0.3) is 15.9 Å². The van der Waals surface area contributed by atoms with Crippen molar-refractivity contribution in [3.8, 4) is 0 Å². The number of pyridine rings is 1. The summed E-state index contributed by atoms with van der Waals surface area (Å²) in [6.07, 6.45) is 1.02. The van der Waals surface area contributed by atoms with Crippen molar-refractivity contribution in [2.45, 2.75) is 31.3 Å². The van der Waals surface area contributed by atoms with Crippen LogP contribution in [0.25, 0.3) is 0 Å². The van der Waals surface area contributed by atoms with Crippen LogP contribution in [0.15, 0.2) is 23.2 Å². The third-order valence-electron chi connectivity index (χ3n) is 2.24. The summed E-state index contributed by atoms with van der Waals surface area (Å²) < 4.78 is 30.4. The molecule has 1 heterocycles. The first-order valence-electron chi connectivity index (χ1n) is 5.53. The molecule has 9 heteroatoms. The lowest BCUT2D eigenvalue weighted by atomic mass is 10.1. The third-order valence-corrected chi connectivity index (χ3v) is 3.56. The van der Waals surface area contributed by atoms with E-state index in [-0.39, 0.29) is 10.7 Å². The molecule has 0 radical (unpaired) electrons. The predicted molar refractivity (Wildman–Crippen MR) is 69.8 cm³/mol. The molecule has 0 atom stereocenters. The highest BCUT2D eigenvalue weighted by atomic mass is 32.2. The van der Waals surface area contributed by atoms with E-state index in [0.29, 0.717) is 0 Å². The van der Waals surface area contributed by atoms with Crippen LogP contribution in [0.3, 0.4) is 0 Å². The summed E-state index contributed by atoms with van der Waals surface area (Å²) in [6.45, 7) is 3.67. The van der Waals surface area contributed by atoms with E-state index < -0.39 is 27.5 Å². The van der Waals surface area contributed by atoms with Crippen molar-refractivity contribution in [3.05, 3.63) is 18.3 Å². The predicted octanol–water partition coefficient (Wildman–Crippen LogP) is -0.190. The van der Waals surface area contributed by atoms with Gasteiger partial charge in [-0.2, -0.15) is 0 Å². The van der Waals surface area contributed by atoms with Crippen LogP contribution in [-0.2, 0) is 24.3 Å². The van der Waals surface area contributed by atoms with Crippen LogP contribution < -0.4 is 10.5 Å². The van der Waals surface area contributed by atoms with Crippen LogP contribution in [0.4, 0.5) is 5.82 Å². The number of carbonyl (C=O) groups is 2.